The number of aliphatic hydroxyl groups is 1. The van der Waals surface area contributed by atoms with Gasteiger partial charge in [0.15, 0.2) is 11.6 Å². The molecule has 0 aliphatic carbocycles. The van der Waals surface area contributed by atoms with E-state index in [0.29, 0.717) is 11.3 Å². The largest absolute Gasteiger partial charge is 0.496 e. The van der Waals surface area contributed by atoms with Crippen LogP contribution in [0.15, 0.2) is 24.3 Å². The molecule has 1 aromatic rings. The van der Waals surface area contributed by atoms with Crippen molar-refractivity contribution in [2.45, 2.75) is 19.4 Å². The van der Waals surface area contributed by atoms with Crippen molar-refractivity contribution in [3.8, 4) is 5.75 Å². The number of benzene rings is 1. The van der Waals surface area contributed by atoms with Gasteiger partial charge in [-0.15, -0.1) is 0 Å². The van der Waals surface area contributed by atoms with Gasteiger partial charge in [-0.2, -0.15) is 0 Å². The van der Waals surface area contributed by atoms with Gasteiger partial charge in [0.25, 0.3) is 0 Å². The molecule has 1 atom stereocenters. The summed E-state index contributed by atoms with van der Waals surface area (Å²) in [4.78, 5) is 22.9. The number of ketones is 2. The van der Waals surface area contributed by atoms with Crippen LogP contribution >= 0.6 is 0 Å². The summed E-state index contributed by atoms with van der Waals surface area (Å²) < 4.78 is 5.01. The average molecular weight is 222 g/mol. The van der Waals surface area contributed by atoms with E-state index in [1.807, 2.05) is 0 Å². The summed E-state index contributed by atoms with van der Waals surface area (Å²) in [5.74, 6) is -0.398. The maximum atomic E-state index is 11.7. The Kier molecular flexibility index (Phi) is 4.19. The molecule has 0 bridgehead atoms. The summed E-state index contributed by atoms with van der Waals surface area (Å²) in [5.41, 5.74) is 0.360. The molecule has 1 N–H and O–H groups in total. The Morgan fingerprint density at radius 2 is 2.00 bits per heavy atom. The van der Waals surface area contributed by atoms with Crippen LogP contribution in [0.4, 0.5) is 0 Å². The van der Waals surface area contributed by atoms with Gasteiger partial charge in [0.1, 0.15) is 11.9 Å². The monoisotopic (exact) mass is 222 g/mol. The molecule has 0 aliphatic heterocycles. The maximum absolute atomic E-state index is 11.7. The Labute approximate surface area is 93.9 Å². The zero-order valence-electron chi connectivity index (χ0n) is 9.27. The van der Waals surface area contributed by atoms with Gasteiger partial charge in [-0.05, 0) is 19.1 Å². The van der Waals surface area contributed by atoms with Crippen LogP contribution in [0, 0.1) is 0 Å². The number of Topliss-reactive ketones (excluding diaryl/α,β-unsaturated/α-hetero) is 2. The number of para-hydroxylation sites is 1. The van der Waals surface area contributed by atoms with Crippen molar-refractivity contribution in [3.05, 3.63) is 29.8 Å². The molecular weight excluding hydrogens is 208 g/mol. The molecule has 0 saturated carbocycles. The standard InChI is InChI=1S/C12H14O4/c1-8(13)10(14)7-11(15)9-5-3-4-6-12(9)16-2/h3-6,8,13H,7H2,1-2H3. The van der Waals surface area contributed by atoms with Crippen molar-refractivity contribution in [3.63, 3.8) is 0 Å². The predicted octanol–water partition coefficient (Wildman–Crippen LogP) is 1.22. The lowest BCUT2D eigenvalue weighted by molar-refractivity contribution is -0.125. The number of carbonyl (C=O) groups is 2. The zero-order chi connectivity index (χ0) is 12.1. The van der Waals surface area contributed by atoms with E-state index in [4.69, 9.17) is 9.84 Å². The van der Waals surface area contributed by atoms with Gasteiger partial charge in [-0.3, -0.25) is 9.59 Å². The molecule has 0 aliphatic rings. The van der Waals surface area contributed by atoms with Crippen molar-refractivity contribution >= 4 is 11.6 Å². The fourth-order valence-corrected chi connectivity index (χ4v) is 1.28. The average Bonchev–Trinajstić information content (AvgIpc) is 2.28. The van der Waals surface area contributed by atoms with E-state index in [-0.39, 0.29) is 12.2 Å². The molecule has 1 unspecified atom stereocenters. The molecule has 86 valence electrons. The van der Waals surface area contributed by atoms with Crippen molar-refractivity contribution in [1.29, 1.82) is 0 Å². The molecular formula is C12H14O4. The Morgan fingerprint density at radius 1 is 1.38 bits per heavy atom. The second-order valence-electron chi connectivity index (χ2n) is 3.44. The Morgan fingerprint density at radius 3 is 2.56 bits per heavy atom. The SMILES string of the molecule is COc1ccccc1C(=O)CC(=O)C(C)O. The van der Waals surface area contributed by atoms with E-state index in [9.17, 15) is 9.59 Å². The topological polar surface area (TPSA) is 63.6 Å². The van der Waals surface area contributed by atoms with Gasteiger partial charge in [0.2, 0.25) is 0 Å². The number of methoxy groups -OCH3 is 1. The number of rotatable bonds is 5. The molecule has 0 fully saturated rings. The molecule has 4 heteroatoms. The van der Waals surface area contributed by atoms with Crippen LogP contribution in [0.3, 0.4) is 0 Å². The zero-order valence-corrected chi connectivity index (χ0v) is 9.27. The van der Waals surface area contributed by atoms with Crippen LogP contribution in [0.25, 0.3) is 0 Å². The minimum absolute atomic E-state index is 0.308. The molecule has 0 radical (unpaired) electrons. The lowest BCUT2D eigenvalue weighted by atomic mass is 10.0. The molecule has 1 aromatic carbocycles. The third kappa shape index (κ3) is 2.90. The number of hydrogen-bond acceptors (Lipinski definition) is 4. The number of carbonyl (C=O) groups excluding carboxylic acids is 2. The lowest BCUT2D eigenvalue weighted by Crippen LogP contribution is -2.20. The van der Waals surface area contributed by atoms with Crippen LogP contribution < -0.4 is 4.74 Å². The molecule has 0 amide bonds. The van der Waals surface area contributed by atoms with E-state index in [1.54, 1.807) is 24.3 Å². The van der Waals surface area contributed by atoms with Crippen LogP contribution in [0.5, 0.6) is 5.75 Å². The molecule has 1 rings (SSSR count). The van der Waals surface area contributed by atoms with Gasteiger partial charge in [-0.25, -0.2) is 0 Å². The summed E-state index contributed by atoms with van der Waals surface area (Å²) in [6, 6.07) is 6.69. The van der Waals surface area contributed by atoms with Gasteiger partial charge < -0.3 is 9.84 Å². The van der Waals surface area contributed by atoms with Gasteiger partial charge in [0.05, 0.1) is 19.1 Å². The third-order valence-electron chi connectivity index (χ3n) is 2.21. The van der Waals surface area contributed by atoms with Crippen molar-refractivity contribution in [1.82, 2.24) is 0 Å². The predicted molar refractivity (Wildman–Crippen MR) is 58.6 cm³/mol. The Hall–Kier alpha value is -1.68. The van der Waals surface area contributed by atoms with Crippen molar-refractivity contribution < 1.29 is 19.4 Å². The first kappa shape index (κ1) is 12.4. The Bertz CT molecular complexity index is 396. The van der Waals surface area contributed by atoms with Crippen LogP contribution in [0.2, 0.25) is 0 Å². The number of ether oxygens (including phenoxy) is 1. The minimum atomic E-state index is -1.11. The summed E-state index contributed by atoms with van der Waals surface area (Å²) >= 11 is 0. The normalized spacial score (nSPS) is 11.9. The van der Waals surface area contributed by atoms with Crippen LogP contribution in [-0.4, -0.2) is 29.9 Å². The first-order chi connectivity index (χ1) is 7.56. The summed E-state index contributed by atoms with van der Waals surface area (Å²) in [7, 11) is 1.46. The first-order valence-corrected chi connectivity index (χ1v) is 4.93. The minimum Gasteiger partial charge on any atom is -0.496 e. The molecule has 0 heterocycles. The number of hydrogen-bond donors (Lipinski definition) is 1. The highest BCUT2D eigenvalue weighted by Gasteiger charge is 2.18. The molecule has 0 spiro atoms. The molecule has 4 nitrogen and oxygen atoms in total. The highest BCUT2D eigenvalue weighted by atomic mass is 16.5. The number of aliphatic hydroxyl groups excluding tert-OH is 1. The van der Waals surface area contributed by atoms with E-state index < -0.39 is 11.9 Å². The quantitative estimate of drug-likeness (QED) is 0.601. The van der Waals surface area contributed by atoms with E-state index >= 15 is 0 Å². The van der Waals surface area contributed by atoms with E-state index in [2.05, 4.69) is 0 Å². The second-order valence-corrected chi connectivity index (χ2v) is 3.44. The summed E-state index contributed by atoms with van der Waals surface area (Å²) in [5, 5.41) is 9.01. The van der Waals surface area contributed by atoms with Crippen LogP contribution in [-0.2, 0) is 4.79 Å². The van der Waals surface area contributed by atoms with Gasteiger partial charge in [0, 0.05) is 0 Å². The first-order valence-electron chi connectivity index (χ1n) is 4.93. The second kappa shape index (κ2) is 5.42. The van der Waals surface area contributed by atoms with Crippen molar-refractivity contribution in [2.75, 3.05) is 7.11 Å². The smallest absolute Gasteiger partial charge is 0.174 e. The fraction of sp³-hybridized carbons (Fsp3) is 0.333. The van der Waals surface area contributed by atoms with E-state index in [0.717, 1.165) is 0 Å². The highest BCUT2D eigenvalue weighted by molar-refractivity contribution is 6.10. The fourth-order valence-electron chi connectivity index (χ4n) is 1.28. The molecule has 0 aromatic heterocycles. The third-order valence-corrected chi connectivity index (χ3v) is 2.21. The molecule has 0 saturated heterocycles. The van der Waals surface area contributed by atoms with Crippen LogP contribution in [0.1, 0.15) is 23.7 Å². The van der Waals surface area contributed by atoms with Gasteiger partial charge in [-0.1, -0.05) is 12.1 Å². The summed E-state index contributed by atoms with van der Waals surface area (Å²) in [6.45, 7) is 1.35. The summed E-state index contributed by atoms with van der Waals surface area (Å²) in [6.07, 6.45) is -1.42. The highest BCUT2D eigenvalue weighted by Crippen LogP contribution is 2.19. The Balaban J connectivity index is 2.84. The lowest BCUT2D eigenvalue weighted by Gasteiger charge is -2.07. The van der Waals surface area contributed by atoms with Crippen molar-refractivity contribution in [2.24, 2.45) is 0 Å². The van der Waals surface area contributed by atoms with Gasteiger partial charge >= 0.3 is 0 Å². The maximum Gasteiger partial charge on any atom is 0.174 e. The molecule has 16 heavy (non-hydrogen) atoms. The van der Waals surface area contributed by atoms with E-state index in [1.165, 1.54) is 14.0 Å².